The molecule has 0 amide bonds. The molecular formula is C10H13BrO. The van der Waals surface area contributed by atoms with Crippen LogP contribution in [0.5, 0.6) is 0 Å². The van der Waals surface area contributed by atoms with Gasteiger partial charge in [0.05, 0.1) is 6.61 Å². The summed E-state index contributed by atoms with van der Waals surface area (Å²) in [5.74, 6) is 0.476. The molecular weight excluding hydrogens is 216 g/mol. The fraction of sp³-hybridized carbons (Fsp3) is 0.400. The van der Waals surface area contributed by atoms with E-state index in [1.807, 2.05) is 6.07 Å². The number of rotatable bonds is 4. The lowest BCUT2D eigenvalue weighted by molar-refractivity contribution is 0.172. The Bertz CT molecular complexity index is 210. The Morgan fingerprint density at radius 2 is 2.00 bits per heavy atom. The normalized spacial score (nSPS) is 12.8. The molecule has 0 aliphatic heterocycles. The van der Waals surface area contributed by atoms with Crippen LogP contribution in [0.25, 0.3) is 0 Å². The Hall–Kier alpha value is -0.340. The van der Waals surface area contributed by atoms with Gasteiger partial charge in [-0.1, -0.05) is 53.2 Å². The van der Waals surface area contributed by atoms with Crippen LogP contribution in [0.1, 0.15) is 18.4 Å². The van der Waals surface area contributed by atoms with Crippen molar-refractivity contribution in [2.24, 2.45) is 0 Å². The van der Waals surface area contributed by atoms with Crippen LogP contribution in [-0.2, 0) is 4.74 Å². The highest BCUT2D eigenvalue weighted by Gasteiger charge is 2.03. The third kappa shape index (κ3) is 2.95. The molecule has 1 aromatic carbocycles. The Labute approximate surface area is 81.9 Å². The Morgan fingerprint density at radius 3 is 2.58 bits per heavy atom. The zero-order valence-corrected chi connectivity index (χ0v) is 8.75. The lowest BCUT2D eigenvalue weighted by Crippen LogP contribution is -2.02. The van der Waals surface area contributed by atoms with E-state index in [9.17, 15) is 0 Å². The summed E-state index contributed by atoms with van der Waals surface area (Å²) in [6.07, 6.45) is 0. The van der Waals surface area contributed by atoms with Crippen LogP contribution in [0.3, 0.4) is 0 Å². The van der Waals surface area contributed by atoms with Gasteiger partial charge in [-0.25, -0.2) is 0 Å². The van der Waals surface area contributed by atoms with Crippen LogP contribution in [0.2, 0.25) is 0 Å². The summed E-state index contributed by atoms with van der Waals surface area (Å²) in [7, 11) is 0. The van der Waals surface area contributed by atoms with E-state index in [0.29, 0.717) is 11.4 Å². The van der Waals surface area contributed by atoms with E-state index in [1.54, 1.807) is 0 Å². The first-order valence-corrected chi connectivity index (χ1v) is 5.15. The SMILES string of the molecule is CC(COCBr)c1ccccc1. The molecule has 0 aliphatic carbocycles. The summed E-state index contributed by atoms with van der Waals surface area (Å²) >= 11 is 3.23. The highest BCUT2D eigenvalue weighted by atomic mass is 79.9. The van der Waals surface area contributed by atoms with E-state index in [0.717, 1.165) is 6.61 Å². The smallest absolute Gasteiger partial charge is 0.102 e. The molecule has 0 N–H and O–H groups in total. The zero-order valence-electron chi connectivity index (χ0n) is 7.16. The second-order valence-electron chi connectivity index (χ2n) is 2.79. The van der Waals surface area contributed by atoms with Crippen LogP contribution < -0.4 is 0 Å². The number of alkyl halides is 1. The van der Waals surface area contributed by atoms with Crippen LogP contribution in [0.4, 0.5) is 0 Å². The van der Waals surface area contributed by atoms with Crippen molar-refractivity contribution in [3.8, 4) is 0 Å². The monoisotopic (exact) mass is 228 g/mol. The molecule has 0 spiro atoms. The van der Waals surface area contributed by atoms with Gasteiger partial charge in [-0.05, 0) is 5.56 Å². The summed E-state index contributed by atoms with van der Waals surface area (Å²) < 4.78 is 5.27. The maximum absolute atomic E-state index is 5.27. The van der Waals surface area contributed by atoms with Crippen LogP contribution >= 0.6 is 15.9 Å². The summed E-state index contributed by atoms with van der Waals surface area (Å²) in [6, 6.07) is 10.4. The Kier molecular flexibility index (Phi) is 4.33. The predicted molar refractivity (Wildman–Crippen MR) is 54.6 cm³/mol. The van der Waals surface area contributed by atoms with Crippen molar-refractivity contribution in [2.45, 2.75) is 12.8 Å². The standard InChI is InChI=1S/C10H13BrO/c1-9(7-12-8-11)10-5-3-2-4-6-10/h2-6,9H,7-8H2,1H3. The minimum atomic E-state index is 0.476. The van der Waals surface area contributed by atoms with Crippen molar-refractivity contribution < 1.29 is 4.74 Å². The summed E-state index contributed by atoms with van der Waals surface area (Å²) in [5, 5.41) is 0. The maximum Gasteiger partial charge on any atom is 0.102 e. The van der Waals surface area contributed by atoms with E-state index in [1.165, 1.54) is 5.56 Å². The molecule has 0 bridgehead atoms. The first kappa shape index (κ1) is 9.75. The molecule has 0 saturated heterocycles. The molecule has 1 nitrogen and oxygen atoms in total. The number of halogens is 1. The lowest BCUT2D eigenvalue weighted by atomic mass is 10.0. The number of benzene rings is 1. The molecule has 66 valence electrons. The number of hydrogen-bond acceptors (Lipinski definition) is 1. The highest BCUT2D eigenvalue weighted by molar-refractivity contribution is 9.09. The molecule has 0 heterocycles. The van der Waals surface area contributed by atoms with E-state index >= 15 is 0 Å². The summed E-state index contributed by atoms with van der Waals surface area (Å²) in [4.78, 5) is 0. The largest absolute Gasteiger partial charge is 0.370 e. The van der Waals surface area contributed by atoms with Gasteiger partial charge in [0.2, 0.25) is 0 Å². The van der Waals surface area contributed by atoms with Crippen LogP contribution in [0.15, 0.2) is 30.3 Å². The fourth-order valence-electron chi connectivity index (χ4n) is 1.10. The van der Waals surface area contributed by atoms with Gasteiger partial charge in [-0.3, -0.25) is 0 Å². The Morgan fingerprint density at radius 1 is 1.33 bits per heavy atom. The average Bonchev–Trinajstić information content (AvgIpc) is 2.15. The van der Waals surface area contributed by atoms with E-state index in [-0.39, 0.29) is 0 Å². The van der Waals surface area contributed by atoms with Gasteiger partial charge in [0.25, 0.3) is 0 Å². The van der Waals surface area contributed by atoms with E-state index in [2.05, 4.69) is 47.1 Å². The Balaban J connectivity index is 2.48. The predicted octanol–water partition coefficient (Wildman–Crippen LogP) is 3.16. The van der Waals surface area contributed by atoms with Crippen molar-refractivity contribution in [3.63, 3.8) is 0 Å². The first-order valence-electron chi connectivity index (χ1n) is 4.03. The summed E-state index contributed by atoms with van der Waals surface area (Å²) in [6.45, 7) is 2.94. The zero-order chi connectivity index (χ0) is 8.81. The molecule has 12 heavy (non-hydrogen) atoms. The molecule has 1 atom stereocenters. The molecule has 0 aliphatic rings. The van der Waals surface area contributed by atoms with Crippen molar-refractivity contribution in [1.82, 2.24) is 0 Å². The van der Waals surface area contributed by atoms with Crippen LogP contribution in [0, 0.1) is 0 Å². The number of ether oxygens (including phenoxy) is 1. The molecule has 0 saturated carbocycles. The molecule has 0 radical (unpaired) electrons. The van der Waals surface area contributed by atoms with Gasteiger partial charge in [-0.2, -0.15) is 0 Å². The minimum absolute atomic E-state index is 0.476. The van der Waals surface area contributed by atoms with Crippen molar-refractivity contribution in [1.29, 1.82) is 0 Å². The minimum Gasteiger partial charge on any atom is -0.370 e. The molecule has 1 unspecified atom stereocenters. The van der Waals surface area contributed by atoms with Crippen molar-refractivity contribution in [2.75, 3.05) is 12.1 Å². The summed E-state index contributed by atoms with van der Waals surface area (Å²) in [5.41, 5.74) is 1.95. The van der Waals surface area contributed by atoms with Crippen molar-refractivity contribution >= 4 is 15.9 Å². The van der Waals surface area contributed by atoms with Gasteiger partial charge in [0.15, 0.2) is 0 Å². The van der Waals surface area contributed by atoms with Gasteiger partial charge in [0, 0.05) is 5.92 Å². The van der Waals surface area contributed by atoms with Gasteiger partial charge < -0.3 is 4.74 Å². The first-order chi connectivity index (χ1) is 5.84. The third-order valence-electron chi connectivity index (χ3n) is 1.81. The maximum atomic E-state index is 5.27. The second kappa shape index (κ2) is 5.33. The van der Waals surface area contributed by atoms with E-state index in [4.69, 9.17) is 4.74 Å². The average molecular weight is 229 g/mol. The van der Waals surface area contributed by atoms with Gasteiger partial charge in [0.1, 0.15) is 5.52 Å². The van der Waals surface area contributed by atoms with Gasteiger partial charge >= 0.3 is 0 Å². The highest BCUT2D eigenvalue weighted by Crippen LogP contribution is 2.14. The molecule has 1 aromatic rings. The molecule has 1 rings (SSSR count). The van der Waals surface area contributed by atoms with Crippen molar-refractivity contribution in [3.05, 3.63) is 35.9 Å². The lowest BCUT2D eigenvalue weighted by Gasteiger charge is -2.10. The van der Waals surface area contributed by atoms with Gasteiger partial charge in [-0.15, -0.1) is 0 Å². The molecule has 0 fully saturated rings. The third-order valence-corrected chi connectivity index (χ3v) is 2.14. The topological polar surface area (TPSA) is 9.23 Å². The quantitative estimate of drug-likeness (QED) is 0.720. The second-order valence-corrected chi connectivity index (χ2v) is 3.25. The van der Waals surface area contributed by atoms with E-state index < -0.39 is 0 Å². The molecule has 2 heteroatoms. The molecule has 0 aromatic heterocycles. The number of hydrogen-bond donors (Lipinski definition) is 0. The van der Waals surface area contributed by atoms with Crippen LogP contribution in [-0.4, -0.2) is 12.1 Å². The fourth-order valence-corrected chi connectivity index (χ4v) is 1.29.